The Morgan fingerprint density at radius 1 is 0.487 bits per heavy atom. The van der Waals surface area contributed by atoms with Crippen molar-refractivity contribution < 1.29 is 9.85 Å². The van der Waals surface area contributed by atoms with Crippen LogP contribution in [0.3, 0.4) is 0 Å². The molecule has 0 aliphatic carbocycles. The number of hydrogen-bond acceptors (Lipinski definition) is 5. The summed E-state index contributed by atoms with van der Waals surface area (Å²) in [6.45, 7) is 0. The smallest absolute Gasteiger partial charge is 0.258 e. The Bertz CT molecular complexity index is 1580. The topological polar surface area (TPSA) is 86.3 Å². The zero-order valence-electron chi connectivity index (χ0n) is 18.6. The molecule has 0 amide bonds. The number of halogens is 8. The second-order valence-corrected chi connectivity index (χ2v) is 11.8. The monoisotopic (exact) mass is 700 g/mol. The Hall–Kier alpha value is -1.65. The number of nitro benzene ring substituents is 2. The molecule has 6 nitrogen and oxygen atoms in total. The minimum absolute atomic E-state index is 0.0895. The van der Waals surface area contributed by atoms with E-state index in [4.69, 9.17) is 92.8 Å². The summed E-state index contributed by atoms with van der Waals surface area (Å²) < 4.78 is 0. The fourth-order valence-corrected chi connectivity index (χ4v) is 6.83. The first-order valence-electron chi connectivity index (χ1n) is 10.2. The van der Waals surface area contributed by atoms with Gasteiger partial charge in [-0.3, -0.25) is 20.2 Å². The fraction of sp³-hybridized carbons (Fsp3) is 0. The molecule has 200 valence electrons. The van der Waals surface area contributed by atoms with Crippen molar-refractivity contribution in [2.75, 3.05) is 0 Å². The Morgan fingerprint density at radius 2 is 0.846 bits per heavy atom. The third-order valence-corrected chi connectivity index (χ3v) is 9.89. The number of rotatable bonds is 6. The van der Waals surface area contributed by atoms with Crippen molar-refractivity contribution in [3.05, 3.63) is 109 Å². The maximum Gasteiger partial charge on any atom is 0.289 e. The predicted octanol–water partition coefficient (Wildman–Crippen LogP) is 12.2. The molecule has 0 fully saturated rings. The molecule has 0 spiro atoms. The van der Waals surface area contributed by atoms with Crippen molar-refractivity contribution in [1.29, 1.82) is 0 Å². The van der Waals surface area contributed by atoms with Gasteiger partial charge in [-0.25, -0.2) is 0 Å². The van der Waals surface area contributed by atoms with E-state index < -0.39 is 9.85 Å². The van der Waals surface area contributed by atoms with Gasteiger partial charge < -0.3 is 0 Å². The second-order valence-electron chi connectivity index (χ2n) is 7.61. The molecule has 0 aliphatic rings. The van der Waals surface area contributed by atoms with Crippen molar-refractivity contribution in [1.82, 2.24) is 0 Å². The zero-order chi connectivity index (χ0) is 28.8. The molecule has 4 aromatic carbocycles. The summed E-state index contributed by atoms with van der Waals surface area (Å²) in [4.78, 5) is 22.1. The van der Waals surface area contributed by atoms with Crippen LogP contribution >= 0.6 is 105 Å². The summed E-state index contributed by atoms with van der Waals surface area (Å²) in [5.41, 5.74) is 0.462. The van der Waals surface area contributed by atoms with E-state index in [0.717, 1.165) is 11.8 Å². The van der Waals surface area contributed by atoms with Crippen molar-refractivity contribution >= 4 is 116 Å². The minimum Gasteiger partial charge on any atom is -0.258 e. The first-order chi connectivity index (χ1) is 18.3. The molecule has 0 saturated heterocycles. The highest BCUT2D eigenvalue weighted by molar-refractivity contribution is 7.99. The van der Waals surface area contributed by atoms with Crippen LogP contribution in [0.25, 0.3) is 22.3 Å². The third-order valence-electron chi connectivity index (χ3n) is 5.39. The summed E-state index contributed by atoms with van der Waals surface area (Å²) in [7, 11) is 0. The van der Waals surface area contributed by atoms with Gasteiger partial charge in [-0.05, 0) is 36.4 Å². The lowest BCUT2D eigenvalue weighted by Gasteiger charge is -2.16. The van der Waals surface area contributed by atoms with Gasteiger partial charge in [0.1, 0.15) is 10.0 Å². The molecule has 0 heterocycles. The lowest BCUT2D eigenvalue weighted by molar-refractivity contribution is -0.384. The van der Waals surface area contributed by atoms with Crippen molar-refractivity contribution in [2.45, 2.75) is 9.79 Å². The van der Waals surface area contributed by atoms with Gasteiger partial charge >= 0.3 is 0 Å². The molecule has 0 unspecified atom stereocenters. The highest BCUT2D eigenvalue weighted by atomic mass is 35.5. The van der Waals surface area contributed by atoms with E-state index in [-0.39, 0.29) is 51.6 Å². The molecule has 0 saturated carbocycles. The van der Waals surface area contributed by atoms with Crippen LogP contribution in [-0.4, -0.2) is 9.85 Å². The van der Waals surface area contributed by atoms with Crippen LogP contribution in [0.1, 0.15) is 0 Å². The van der Waals surface area contributed by atoms with Gasteiger partial charge in [-0.2, -0.15) is 0 Å². The van der Waals surface area contributed by atoms with Crippen LogP contribution in [-0.2, 0) is 0 Å². The highest BCUT2D eigenvalue weighted by Crippen LogP contribution is 2.51. The maximum atomic E-state index is 11.2. The first-order valence-corrected chi connectivity index (χ1v) is 14.1. The summed E-state index contributed by atoms with van der Waals surface area (Å²) >= 11 is 52.5. The number of nitrogens with zero attached hydrogens (tertiary/aromatic N) is 2. The zero-order valence-corrected chi connectivity index (χ0v) is 25.4. The molecule has 0 N–H and O–H groups in total. The molecule has 0 radical (unpaired) electrons. The lowest BCUT2D eigenvalue weighted by atomic mass is 10.0. The molecule has 0 aliphatic heterocycles. The maximum absolute atomic E-state index is 11.2. The Labute approximate surface area is 264 Å². The first kappa shape index (κ1) is 30.3. The van der Waals surface area contributed by atoms with E-state index in [1.165, 1.54) is 24.3 Å². The summed E-state index contributed by atoms with van der Waals surface area (Å²) in [6.07, 6.45) is 0. The standard InChI is InChI=1S/C24H8Cl8N2O4S/c25-11-3-7-15(23(31)17(11)9-1-5-13(33(35)36)21(29)19(9)27)39-16-8-4-12(26)18(24(16)32)10-2-6-14(34(37)38)22(30)20(10)28/h1-8H. The van der Waals surface area contributed by atoms with E-state index in [1.807, 2.05) is 0 Å². The predicted molar refractivity (Wildman–Crippen MR) is 161 cm³/mol. The molecular weight excluding hydrogens is 696 g/mol. The molecule has 4 aromatic rings. The second kappa shape index (κ2) is 12.1. The molecule has 0 atom stereocenters. The molecule has 0 bridgehead atoms. The highest BCUT2D eigenvalue weighted by Gasteiger charge is 2.25. The van der Waals surface area contributed by atoms with Crippen LogP contribution < -0.4 is 0 Å². The van der Waals surface area contributed by atoms with Crippen molar-refractivity contribution in [3.63, 3.8) is 0 Å². The summed E-state index contributed by atoms with van der Waals surface area (Å²) in [5.74, 6) is 0. The molecule has 0 aromatic heterocycles. The SMILES string of the molecule is O=[N+]([O-])c1ccc(-c2c(Cl)ccc(Sc3ccc(Cl)c(-c4ccc([N+](=O)[O-])c(Cl)c4Cl)c3Cl)c2Cl)c(Cl)c1Cl. The number of nitro groups is 2. The summed E-state index contributed by atoms with van der Waals surface area (Å²) in [5, 5.41) is 22.6. The van der Waals surface area contributed by atoms with Gasteiger partial charge in [0, 0.05) is 44.2 Å². The molecule has 39 heavy (non-hydrogen) atoms. The third kappa shape index (κ3) is 5.75. The van der Waals surface area contributed by atoms with Crippen molar-refractivity contribution in [3.8, 4) is 22.3 Å². The quantitative estimate of drug-likeness (QED) is 0.147. The van der Waals surface area contributed by atoms with E-state index in [1.54, 1.807) is 24.3 Å². The lowest BCUT2D eigenvalue weighted by Crippen LogP contribution is -1.93. The van der Waals surface area contributed by atoms with Gasteiger partial charge in [0.15, 0.2) is 0 Å². The Kier molecular flexibility index (Phi) is 9.38. The van der Waals surface area contributed by atoms with Gasteiger partial charge in [0.25, 0.3) is 11.4 Å². The average Bonchev–Trinajstić information content (AvgIpc) is 2.87. The van der Waals surface area contributed by atoms with Gasteiger partial charge in [-0.1, -0.05) is 105 Å². The van der Waals surface area contributed by atoms with Gasteiger partial charge in [0.05, 0.1) is 40.0 Å². The van der Waals surface area contributed by atoms with Crippen molar-refractivity contribution in [2.24, 2.45) is 0 Å². The molecule has 15 heteroatoms. The fourth-order valence-electron chi connectivity index (χ4n) is 3.58. The van der Waals surface area contributed by atoms with Gasteiger partial charge in [0.2, 0.25) is 0 Å². The Morgan fingerprint density at radius 3 is 1.18 bits per heavy atom. The number of hydrogen-bond donors (Lipinski definition) is 0. The van der Waals surface area contributed by atoms with E-state index in [0.29, 0.717) is 32.0 Å². The van der Waals surface area contributed by atoms with Crippen LogP contribution in [0.4, 0.5) is 11.4 Å². The summed E-state index contributed by atoms with van der Waals surface area (Å²) in [6, 6.07) is 11.7. The van der Waals surface area contributed by atoms with Crippen LogP contribution in [0.2, 0.25) is 40.2 Å². The average molecular weight is 704 g/mol. The van der Waals surface area contributed by atoms with E-state index in [9.17, 15) is 20.2 Å². The number of benzene rings is 4. The normalized spacial score (nSPS) is 11.1. The van der Waals surface area contributed by atoms with Gasteiger partial charge in [-0.15, -0.1) is 0 Å². The van der Waals surface area contributed by atoms with E-state index in [2.05, 4.69) is 0 Å². The Balaban J connectivity index is 1.82. The van der Waals surface area contributed by atoms with Crippen LogP contribution in [0, 0.1) is 20.2 Å². The van der Waals surface area contributed by atoms with Crippen LogP contribution in [0.15, 0.2) is 58.3 Å². The van der Waals surface area contributed by atoms with E-state index >= 15 is 0 Å². The minimum atomic E-state index is -0.655. The molecule has 4 rings (SSSR count). The van der Waals surface area contributed by atoms with Crippen LogP contribution in [0.5, 0.6) is 0 Å². The molecular formula is C24H8Cl8N2O4S. The largest absolute Gasteiger partial charge is 0.289 e.